The van der Waals surface area contributed by atoms with Crippen LogP contribution in [0.2, 0.25) is 0 Å². The summed E-state index contributed by atoms with van der Waals surface area (Å²) in [5.41, 5.74) is 2.32. The lowest BCUT2D eigenvalue weighted by atomic mass is 10.1. The van der Waals surface area contributed by atoms with E-state index in [0.717, 1.165) is 16.1 Å². The summed E-state index contributed by atoms with van der Waals surface area (Å²) in [6.45, 7) is 0. The first-order valence-corrected chi connectivity index (χ1v) is 6.05. The molecule has 0 saturated heterocycles. The minimum absolute atomic E-state index is 0.292. The molecule has 0 fully saturated rings. The standard InChI is InChI=1S/C14H11NO2S/c16-14-10-6-2-1-5-9(10)13(17-14)15-11-7-3-4-8-12(11)18/h1-8,13,15,18H. The Labute approximate surface area is 110 Å². The van der Waals surface area contributed by atoms with Crippen molar-refractivity contribution in [2.75, 3.05) is 5.32 Å². The molecule has 4 heteroatoms. The number of carbonyl (C=O) groups excluding carboxylic acids is 1. The van der Waals surface area contributed by atoms with Crippen molar-refractivity contribution in [1.29, 1.82) is 0 Å². The van der Waals surface area contributed by atoms with Gasteiger partial charge in [0.2, 0.25) is 6.23 Å². The van der Waals surface area contributed by atoms with Crippen LogP contribution in [0.5, 0.6) is 0 Å². The van der Waals surface area contributed by atoms with E-state index in [1.807, 2.05) is 42.5 Å². The fourth-order valence-electron chi connectivity index (χ4n) is 1.99. The highest BCUT2D eigenvalue weighted by molar-refractivity contribution is 7.80. The molecule has 1 heterocycles. The highest BCUT2D eigenvalue weighted by Crippen LogP contribution is 2.32. The molecule has 1 aliphatic rings. The molecule has 0 amide bonds. The number of fused-ring (bicyclic) bond motifs is 1. The van der Waals surface area contributed by atoms with E-state index < -0.39 is 6.23 Å². The SMILES string of the molecule is O=C1OC(Nc2ccccc2S)c2ccccc21. The van der Waals surface area contributed by atoms with Crippen molar-refractivity contribution in [3.8, 4) is 0 Å². The van der Waals surface area contributed by atoms with Gasteiger partial charge in [0.25, 0.3) is 0 Å². The first-order chi connectivity index (χ1) is 8.75. The molecule has 0 spiro atoms. The number of hydrogen-bond acceptors (Lipinski definition) is 4. The van der Waals surface area contributed by atoms with Crippen LogP contribution in [-0.2, 0) is 4.74 Å². The van der Waals surface area contributed by atoms with Gasteiger partial charge in [0.1, 0.15) is 0 Å². The van der Waals surface area contributed by atoms with Crippen LogP contribution in [0.25, 0.3) is 0 Å². The average Bonchev–Trinajstić information content (AvgIpc) is 2.70. The zero-order valence-corrected chi connectivity index (χ0v) is 10.4. The lowest BCUT2D eigenvalue weighted by molar-refractivity contribution is 0.0437. The Morgan fingerprint density at radius 3 is 2.61 bits per heavy atom. The average molecular weight is 257 g/mol. The lowest BCUT2D eigenvalue weighted by Crippen LogP contribution is -2.10. The number of nitrogens with one attached hydrogen (secondary N) is 1. The normalized spacial score (nSPS) is 17.2. The third-order valence-electron chi connectivity index (χ3n) is 2.88. The summed E-state index contributed by atoms with van der Waals surface area (Å²) in [6, 6.07) is 15.0. The Morgan fingerprint density at radius 2 is 1.78 bits per heavy atom. The van der Waals surface area contributed by atoms with Gasteiger partial charge in [0.05, 0.1) is 11.3 Å². The van der Waals surface area contributed by atoms with Gasteiger partial charge in [0, 0.05) is 10.5 Å². The first-order valence-electron chi connectivity index (χ1n) is 5.60. The molecule has 0 aliphatic carbocycles. The molecular weight excluding hydrogens is 246 g/mol. The minimum Gasteiger partial charge on any atom is -0.434 e. The third kappa shape index (κ3) is 1.84. The Morgan fingerprint density at radius 1 is 1.06 bits per heavy atom. The van der Waals surface area contributed by atoms with Crippen molar-refractivity contribution in [1.82, 2.24) is 0 Å². The highest BCUT2D eigenvalue weighted by Gasteiger charge is 2.30. The predicted octanol–water partition coefficient (Wildman–Crippen LogP) is 3.26. The van der Waals surface area contributed by atoms with Gasteiger partial charge >= 0.3 is 5.97 Å². The van der Waals surface area contributed by atoms with Gasteiger partial charge in [-0.15, -0.1) is 12.6 Å². The fraction of sp³-hybridized carbons (Fsp3) is 0.0714. The van der Waals surface area contributed by atoms with E-state index in [9.17, 15) is 4.79 Å². The summed E-state index contributed by atoms with van der Waals surface area (Å²) in [5, 5.41) is 3.18. The van der Waals surface area contributed by atoms with Crippen molar-refractivity contribution in [3.63, 3.8) is 0 Å². The van der Waals surface area contributed by atoms with Crippen LogP contribution in [0.4, 0.5) is 5.69 Å². The number of carbonyl (C=O) groups is 1. The van der Waals surface area contributed by atoms with Crippen LogP contribution in [0, 0.1) is 0 Å². The second-order valence-electron chi connectivity index (χ2n) is 4.03. The maximum absolute atomic E-state index is 11.7. The van der Waals surface area contributed by atoms with E-state index in [4.69, 9.17) is 4.74 Å². The number of rotatable bonds is 2. The van der Waals surface area contributed by atoms with Gasteiger partial charge in [-0.3, -0.25) is 0 Å². The molecule has 3 rings (SSSR count). The van der Waals surface area contributed by atoms with Gasteiger partial charge in [-0.1, -0.05) is 30.3 Å². The van der Waals surface area contributed by atoms with E-state index in [2.05, 4.69) is 17.9 Å². The van der Waals surface area contributed by atoms with Crippen LogP contribution in [0.15, 0.2) is 53.4 Å². The summed E-state index contributed by atoms with van der Waals surface area (Å²) in [6.07, 6.45) is -0.443. The molecule has 1 aliphatic heterocycles. The molecule has 1 atom stereocenters. The summed E-state index contributed by atoms with van der Waals surface area (Å²) < 4.78 is 5.31. The fourth-order valence-corrected chi connectivity index (χ4v) is 2.21. The van der Waals surface area contributed by atoms with Crippen LogP contribution in [0.3, 0.4) is 0 Å². The monoisotopic (exact) mass is 257 g/mol. The van der Waals surface area contributed by atoms with Crippen molar-refractivity contribution in [2.24, 2.45) is 0 Å². The maximum Gasteiger partial charge on any atom is 0.340 e. The van der Waals surface area contributed by atoms with Crippen LogP contribution in [-0.4, -0.2) is 5.97 Å². The summed E-state index contributed by atoms with van der Waals surface area (Å²) in [7, 11) is 0. The number of benzene rings is 2. The topological polar surface area (TPSA) is 38.3 Å². The Balaban J connectivity index is 1.92. The molecule has 0 bridgehead atoms. The molecule has 3 nitrogen and oxygen atoms in total. The number of para-hydroxylation sites is 1. The molecule has 2 aromatic rings. The molecule has 18 heavy (non-hydrogen) atoms. The van der Waals surface area contributed by atoms with Crippen molar-refractivity contribution < 1.29 is 9.53 Å². The summed E-state index contributed by atoms with van der Waals surface area (Å²) in [4.78, 5) is 12.5. The molecule has 2 aromatic carbocycles. The van der Waals surface area contributed by atoms with Crippen LogP contribution < -0.4 is 5.32 Å². The van der Waals surface area contributed by atoms with Crippen molar-refractivity contribution >= 4 is 24.3 Å². The van der Waals surface area contributed by atoms with Gasteiger partial charge in [-0.2, -0.15) is 0 Å². The molecule has 0 saturated carbocycles. The van der Waals surface area contributed by atoms with Crippen molar-refractivity contribution in [2.45, 2.75) is 11.1 Å². The number of ether oxygens (including phenoxy) is 1. The van der Waals surface area contributed by atoms with Crippen LogP contribution in [0.1, 0.15) is 22.1 Å². The second kappa shape index (κ2) is 4.38. The van der Waals surface area contributed by atoms with Gasteiger partial charge < -0.3 is 10.1 Å². The zero-order valence-electron chi connectivity index (χ0n) is 9.46. The summed E-state index contributed by atoms with van der Waals surface area (Å²) >= 11 is 4.36. The van der Waals surface area contributed by atoms with E-state index in [-0.39, 0.29) is 5.97 Å². The zero-order chi connectivity index (χ0) is 12.5. The Kier molecular flexibility index (Phi) is 2.72. The number of esters is 1. The predicted molar refractivity (Wildman–Crippen MR) is 71.9 cm³/mol. The van der Waals surface area contributed by atoms with E-state index in [1.165, 1.54) is 0 Å². The van der Waals surface area contributed by atoms with E-state index in [1.54, 1.807) is 6.07 Å². The largest absolute Gasteiger partial charge is 0.434 e. The Bertz CT molecular complexity index is 612. The molecule has 1 unspecified atom stereocenters. The van der Waals surface area contributed by atoms with Gasteiger partial charge in [-0.25, -0.2) is 4.79 Å². The molecule has 90 valence electrons. The highest BCUT2D eigenvalue weighted by atomic mass is 32.1. The lowest BCUT2D eigenvalue weighted by Gasteiger charge is -2.15. The second-order valence-corrected chi connectivity index (χ2v) is 4.52. The van der Waals surface area contributed by atoms with Gasteiger partial charge in [-0.05, 0) is 18.2 Å². The summed E-state index contributed by atoms with van der Waals surface area (Å²) in [5.74, 6) is -0.292. The minimum atomic E-state index is -0.443. The third-order valence-corrected chi connectivity index (χ3v) is 3.27. The molecule has 0 aromatic heterocycles. The smallest absolute Gasteiger partial charge is 0.340 e. The van der Waals surface area contributed by atoms with Gasteiger partial charge in [0.15, 0.2) is 0 Å². The van der Waals surface area contributed by atoms with Crippen LogP contribution >= 0.6 is 12.6 Å². The van der Waals surface area contributed by atoms with Crippen molar-refractivity contribution in [3.05, 3.63) is 59.7 Å². The first kappa shape index (κ1) is 11.2. The molecule has 1 N–H and O–H groups in total. The van der Waals surface area contributed by atoms with E-state index in [0.29, 0.717) is 5.56 Å². The number of hydrogen-bond donors (Lipinski definition) is 2. The number of cyclic esters (lactones) is 1. The Hall–Kier alpha value is -1.94. The quantitative estimate of drug-likeness (QED) is 0.640. The number of anilines is 1. The number of thiol groups is 1. The maximum atomic E-state index is 11.7. The van der Waals surface area contributed by atoms with E-state index >= 15 is 0 Å². The molecule has 0 radical (unpaired) electrons. The molecular formula is C14H11NO2S.